The Morgan fingerprint density at radius 3 is 2.78 bits per heavy atom. The molecule has 0 aliphatic rings. The van der Waals surface area contributed by atoms with Gasteiger partial charge >= 0.3 is 0 Å². The predicted molar refractivity (Wildman–Crippen MR) is 85.9 cm³/mol. The number of halogens is 2. The van der Waals surface area contributed by atoms with Gasteiger partial charge in [-0.2, -0.15) is 0 Å². The lowest BCUT2D eigenvalue weighted by molar-refractivity contribution is 0.102. The van der Waals surface area contributed by atoms with E-state index in [0.29, 0.717) is 10.2 Å². The number of anilines is 1. The van der Waals surface area contributed by atoms with E-state index in [1.807, 2.05) is 6.92 Å². The van der Waals surface area contributed by atoms with Gasteiger partial charge in [0.05, 0.1) is 11.3 Å². The number of rotatable bonds is 3. The van der Waals surface area contributed by atoms with E-state index in [0.717, 1.165) is 11.3 Å². The number of nitrogens with one attached hydrogen (secondary N) is 1. The number of carbonyl (C=O) groups is 1. The van der Waals surface area contributed by atoms with Gasteiger partial charge in [-0.05, 0) is 59.3 Å². The molecule has 1 N–H and O–H groups in total. The van der Waals surface area contributed by atoms with E-state index in [1.165, 1.54) is 29.2 Å². The first-order valence-electron chi connectivity index (χ1n) is 6.65. The third kappa shape index (κ3) is 3.26. The van der Waals surface area contributed by atoms with Crippen molar-refractivity contribution in [3.05, 3.63) is 64.1 Å². The van der Waals surface area contributed by atoms with E-state index in [2.05, 4.69) is 36.8 Å². The average molecular weight is 376 g/mol. The second kappa shape index (κ2) is 6.25. The maximum atomic E-state index is 13.7. The summed E-state index contributed by atoms with van der Waals surface area (Å²) >= 11 is 3.23. The first kappa shape index (κ1) is 15.3. The van der Waals surface area contributed by atoms with E-state index in [1.54, 1.807) is 18.2 Å². The van der Waals surface area contributed by atoms with Crippen molar-refractivity contribution in [1.82, 2.24) is 20.2 Å². The zero-order valence-electron chi connectivity index (χ0n) is 12.0. The van der Waals surface area contributed by atoms with E-state index in [9.17, 15) is 9.18 Å². The number of hydrogen-bond donors (Lipinski definition) is 1. The fraction of sp³-hybridized carbons (Fsp3) is 0.0667. The first-order valence-corrected chi connectivity index (χ1v) is 7.44. The van der Waals surface area contributed by atoms with Crippen LogP contribution in [0, 0.1) is 12.7 Å². The van der Waals surface area contributed by atoms with Crippen LogP contribution in [0.2, 0.25) is 0 Å². The quantitative estimate of drug-likeness (QED) is 0.763. The van der Waals surface area contributed by atoms with Crippen molar-refractivity contribution in [3.63, 3.8) is 0 Å². The van der Waals surface area contributed by atoms with Crippen LogP contribution < -0.4 is 5.32 Å². The molecule has 1 amide bonds. The Kier molecular flexibility index (Phi) is 4.16. The summed E-state index contributed by atoms with van der Waals surface area (Å²) in [4.78, 5) is 12.2. The average Bonchev–Trinajstić information content (AvgIpc) is 3.04. The third-order valence-corrected chi connectivity index (χ3v) is 3.72. The van der Waals surface area contributed by atoms with Gasteiger partial charge < -0.3 is 5.32 Å². The summed E-state index contributed by atoms with van der Waals surface area (Å²) < 4.78 is 15.9. The van der Waals surface area contributed by atoms with Gasteiger partial charge in [-0.3, -0.25) is 4.79 Å². The van der Waals surface area contributed by atoms with Gasteiger partial charge in [0.1, 0.15) is 12.1 Å². The molecule has 0 saturated carbocycles. The van der Waals surface area contributed by atoms with E-state index >= 15 is 0 Å². The number of amides is 1. The molecule has 3 aromatic rings. The molecule has 0 fully saturated rings. The minimum Gasteiger partial charge on any atom is -0.322 e. The predicted octanol–water partition coefficient (Wildman–Crippen LogP) is 3.12. The molecule has 0 spiro atoms. The van der Waals surface area contributed by atoms with Crippen LogP contribution in [0.5, 0.6) is 0 Å². The summed E-state index contributed by atoms with van der Waals surface area (Å²) in [6.45, 7) is 1.87. The van der Waals surface area contributed by atoms with Gasteiger partial charge in [0.25, 0.3) is 5.91 Å². The van der Waals surface area contributed by atoms with E-state index in [4.69, 9.17) is 0 Å². The summed E-state index contributed by atoms with van der Waals surface area (Å²) in [7, 11) is 0. The van der Waals surface area contributed by atoms with Crippen molar-refractivity contribution >= 4 is 27.5 Å². The molecule has 1 heterocycles. The molecule has 2 aromatic carbocycles. The highest BCUT2D eigenvalue weighted by Gasteiger charge is 2.13. The lowest BCUT2D eigenvalue weighted by Gasteiger charge is -2.10. The molecule has 0 aliphatic heterocycles. The van der Waals surface area contributed by atoms with E-state index < -0.39 is 11.7 Å². The Balaban J connectivity index is 1.84. The van der Waals surface area contributed by atoms with Crippen molar-refractivity contribution in [1.29, 1.82) is 0 Å². The molecule has 0 aliphatic carbocycles. The molecule has 3 rings (SSSR count). The largest absolute Gasteiger partial charge is 0.322 e. The molecule has 8 heteroatoms. The molecule has 1 aromatic heterocycles. The Hall–Kier alpha value is -2.61. The number of nitrogens with zero attached hydrogens (tertiary/aromatic N) is 4. The van der Waals surface area contributed by atoms with Crippen LogP contribution in [0.15, 0.2) is 47.2 Å². The van der Waals surface area contributed by atoms with Gasteiger partial charge in [0, 0.05) is 10.2 Å². The monoisotopic (exact) mass is 375 g/mol. The van der Waals surface area contributed by atoms with Crippen LogP contribution in [0.25, 0.3) is 5.69 Å². The Labute approximate surface area is 139 Å². The van der Waals surface area contributed by atoms with Crippen LogP contribution in [0.4, 0.5) is 10.1 Å². The summed E-state index contributed by atoms with van der Waals surface area (Å²) in [5.41, 5.74) is 2.19. The maximum Gasteiger partial charge on any atom is 0.258 e. The first-order chi connectivity index (χ1) is 11.0. The SMILES string of the molecule is Cc1cc(NC(=O)c2cc(Br)ccc2F)ccc1-n1cnnn1. The minimum absolute atomic E-state index is 0.0263. The fourth-order valence-electron chi connectivity index (χ4n) is 2.13. The number of tetrazole rings is 1. The van der Waals surface area contributed by atoms with Crippen LogP contribution >= 0.6 is 15.9 Å². The van der Waals surface area contributed by atoms with E-state index in [-0.39, 0.29) is 5.56 Å². The van der Waals surface area contributed by atoms with Crippen molar-refractivity contribution in [2.75, 3.05) is 5.32 Å². The lowest BCUT2D eigenvalue weighted by Crippen LogP contribution is -2.14. The third-order valence-electron chi connectivity index (χ3n) is 3.22. The van der Waals surface area contributed by atoms with Crippen molar-refractivity contribution in [2.24, 2.45) is 0 Å². The summed E-state index contributed by atoms with van der Waals surface area (Å²) in [6, 6.07) is 9.47. The van der Waals surface area contributed by atoms with Crippen LogP contribution in [-0.4, -0.2) is 26.1 Å². The molecule has 0 bridgehead atoms. The van der Waals surface area contributed by atoms with Crippen molar-refractivity contribution < 1.29 is 9.18 Å². The number of hydrogen-bond acceptors (Lipinski definition) is 4. The highest BCUT2D eigenvalue weighted by Crippen LogP contribution is 2.20. The Bertz CT molecular complexity index is 866. The molecular weight excluding hydrogens is 365 g/mol. The normalized spacial score (nSPS) is 10.6. The molecule has 0 saturated heterocycles. The second-order valence-electron chi connectivity index (χ2n) is 4.83. The number of carbonyl (C=O) groups excluding carboxylic acids is 1. The second-order valence-corrected chi connectivity index (χ2v) is 5.75. The fourth-order valence-corrected chi connectivity index (χ4v) is 2.49. The minimum atomic E-state index is -0.576. The van der Waals surface area contributed by atoms with Gasteiger partial charge in [0.15, 0.2) is 0 Å². The van der Waals surface area contributed by atoms with Crippen LogP contribution in [0.1, 0.15) is 15.9 Å². The summed E-state index contributed by atoms with van der Waals surface area (Å²) in [5.74, 6) is -1.09. The highest BCUT2D eigenvalue weighted by molar-refractivity contribution is 9.10. The molecule has 0 atom stereocenters. The van der Waals surface area contributed by atoms with Crippen molar-refractivity contribution in [3.8, 4) is 5.69 Å². The molecular formula is C15H11BrFN5O. The molecule has 6 nitrogen and oxygen atoms in total. The number of aryl methyl sites for hydroxylation is 1. The van der Waals surface area contributed by atoms with Crippen LogP contribution in [-0.2, 0) is 0 Å². The Morgan fingerprint density at radius 1 is 1.26 bits per heavy atom. The number of aromatic nitrogens is 4. The molecule has 23 heavy (non-hydrogen) atoms. The summed E-state index contributed by atoms with van der Waals surface area (Å²) in [5, 5.41) is 13.7. The Morgan fingerprint density at radius 2 is 2.09 bits per heavy atom. The van der Waals surface area contributed by atoms with Gasteiger partial charge in [0.2, 0.25) is 0 Å². The van der Waals surface area contributed by atoms with Gasteiger partial charge in [-0.15, -0.1) is 5.10 Å². The van der Waals surface area contributed by atoms with Gasteiger partial charge in [-0.1, -0.05) is 15.9 Å². The molecule has 0 unspecified atom stereocenters. The highest BCUT2D eigenvalue weighted by atomic mass is 79.9. The summed E-state index contributed by atoms with van der Waals surface area (Å²) in [6.07, 6.45) is 1.48. The zero-order valence-corrected chi connectivity index (χ0v) is 13.6. The molecule has 116 valence electrons. The molecule has 0 radical (unpaired) electrons. The number of benzene rings is 2. The van der Waals surface area contributed by atoms with Gasteiger partial charge in [-0.25, -0.2) is 9.07 Å². The topological polar surface area (TPSA) is 72.7 Å². The maximum absolute atomic E-state index is 13.7. The van der Waals surface area contributed by atoms with Crippen LogP contribution in [0.3, 0.4) is 0 Å². The van der Waals surface area contributed by atoms with Crippen molar-refractivity contribution in [2.45, 2.75) is 6.92 Å². The zero-order chi connectivity index (χ0) is 16.4. The lowest BCUT2D eigenvalue weighted by atomic mass is 10.1. The standard InChI is InChI=1S/C15H11BrFN5O/c1-9-6-11(3-5-14(9)22-8-18-20-21-22)19-15(23)12-7-10(16)2-4-13(12)17/h2-8H,1H3,(H,19,23). The smallest absolute Gasteiger partial charge is 0.258 e.